The molecule has 0 spiro atoms. The first kappa shape index (κ1) is 15.7. The van der Waals surface area contributed by atoms with Crippen LogP contribution in [0.2, 0.25) is 10.3 Å². The van der Waals surface area contributed by atoms with E-state index in [-0.39, 0.29) is 28.7 Å². The number of carbonyl (C=O) groups excluding carboxylic acids is 2. The maximum absolute atomic E-state index is 12.2. The lowest BCUT2D eigenvalue weighted by atomic mass is 10.2. The van der Waals surface area contributed by atoms with Crippen LogP contribution in [0.1, 0.15) is 24.2 Å². The number of hydrogen-bond donors (Lipinski definition) is 1. The van der Waals surface area contributed by atoms with Crippen LogP contribution in [0.25, 0.3) is 0 Å². The van der Waals surface area contributed by atoms with Crippen molar-refractivity contribution in [3.05, 3.63) is 28.0 Å². The van der Waals surface area contributed by atoms with E-state index in [1.165, 1.54) is 17.0 Å². The van der Waals surface area contributed by atoms with Crippen molar-refractivity contribution in [3.63, 3.8) is 0 Å². The molecule has 5 nitrogen and oxygen atoms in total. The molecular weight excluding hydrogens is 289 g/mol. The summed E-state index contributed by atoms with van der Waals surface area (Å²) < 4.78 is 0. The minimum Gasteiger partial charge on any atom is -0.355 e. The largest absolute Gasteiger partial charge is 0.355 e. The topological polar surface area (TPSA) is 62.3 Å². The maximum Gasteiger partial charge on any atom is 0.254 e. The van der Waals surface area contributed by atoms with E-state index in [1.54, 1.807) is 6.92 Å². The molecule has 0 fully saturated rings. The highest BCUT2D eigenvalue weighted by Gasteiger charge is 2.18. The average Bonchev–Trinajstić information content (AvgIpc) is 2.34. The first-order valence-corrected chi connectivity index (χ1v) is 6.62. The summed E-state index contributed by atoms with van der Waals surface area (Å²) >= 11 is 11.5. The lowest BCUT2D eigenvalue weighted by Gasteiger charge is -2.20. The zero-order valence-electron chi connectivity index (χ0n) is 10.7. The van der Waals surface area contributed by atoms with E-state index in [2.05, 4.69) is 10.3 Å². The fourth-order valence-corrected chi connectivity index (χ4v) is 1.99. The Hall–Kier alpha value is -1.33. The molecule has 104 valence electrons. The van der Waals surface area contributed by atoms with Crippen LogP contribution in [0.5, 0.6) is 0 Å². The molecule has 0 aromatic carbocycles. The van der Waals surface area contributed by atoms with Crippen LogP contribution < -0.4 is 5.32 Å². The average molecular weight is 304 g/mol. The van der Waals surface area contributed by atoms with Crippen molar-refractivity contribution in [2.24, 2.45) is 0 Å². The van der Waals surface area contributed by atoms with Gasteiger partial charge in [-0.15, -0.1) is 0 Å². The SMILES string of the molecule is CCNC(=O)CN(CC)C(=O)c1cc(Cl)nc(Cl)c1. The van der Waals surface area contributed by atoms with E-state index in [0.717, 1.165) is 0 Å². The first-order chi connectivity index (χ1) is 8.97. The van der Waals surface area contributed by atoms with Crippen LogP contribution in [-0.2, 0) is 4.79 Å². The molecule has 1 rings (SSSR count). The summed E-state index contributed by atoms with van der Waals surface area (Å²) in [4.78, 5) is 28.9. The van der Waals surface area contributed by atoms with E-state index in [4.69, 9.17) is 23.2 Å². The predicted molar refractivity (Wildman–Crippen MR) is 74.5 cm³/mol. The molecule has 0 aliphatic rings. The molecule has 0 atom stereocenters. The summed E-state index contributed by atoms with van der Waals surface area (Å²) in [5.41, 5.74) is 0.316. The van der Waals surface area contributed by atoms with Gasteiger partial charge in [0.25, 0.3) is 5.91 Å². The third kappa shape index (κ3) is 4.69. The lowest BCUT2D eigenvalue weighted by molar-refractivity contribution is -0.121. The van der Waals surface area contributed by atoms with Gasteiger partial charge in [-0.25, -0.2) is 4.98 Å². The number of rotatable bonds is 5. The minimum atomic E-state index is -0.306. The van der Waals surface area contributed by atoms with Crippen LogP contribution in [0, 0.1) is 0 Å². The molecular formula is C12H15Cl2N3O2. The van der Waals surface area contributed by atoms with E-state index in [1.807, 2.05) is 6.92 Å². The normalized spacial score (nSPS) is 10.1. The monoisotopic (exact) mass is 303 g/mol. The van der Waals surface area contributed by atoms with E-state index < -0.39 is 0 Å². The highest BCUT2D eigenvalue weighted by Crippen LogP contribution is 2.16. The Balaban J connectivity index is 2.86. The number of pyridine rings is 1. The molecule has 2 amide bonds. The van der Waals surface area contributed by atoms with Crippen LogP contribution in [0.15, 0.2) is 12.1 Å². The molecule has 1 aromatic heterocycles. The van der Waals surface area contributed by atoms with Crippen LogP contribution in [0.4, 0.5) is 0 Å². The van der Waals surface area contributed by atoms with Crippen molar-refractivity contribution < 1.29 is 9.59 Å². The molecule has 0 unspecified atom stereocenters. The van der Waals surface area contributed by atoms with Crippen molar-refractivity contribution in [3.8, 4) is 0 Å². The van der Waals surface area contributed by atoms with Crippen molar-refractivity contribution in [2.45, 2.75) is 13.8 Å². The highest BCUT2D eigenvalue weighted by molar-refractivity contribution is 6.33. The molecule has 19 heavy (non-hydrogen) atoms. The zero-order chi connectivity index (χ0) is 14.4. The minimum absolute atomic E-state index is 0.000728. The Morgan fingerprint density at radius 3 is 2.32 bits per heavy atom. The molecule has 0 aliphatic carbocycles. The third-order valence-electron chi connectivity index (χ3n) is 2.39. The van der Waals surface area contributed by atoms with Gasteiger partial charge in [-0.05, 0) is 26.0 Å². The Morgan fingerprint density at radius 1 is 1.26 bits per heavy atom. The highest BCUT2D eigenvalue weighted by atomic mass is 35.5. The summed E-state index contributed by atoms with van der Waals surface area (Å²) in [6.45, 7) is 4.55. The molecule has 1 heterocycles. The number of carbonyl (C=O) groups is 2. The first-order valence-electron chi connectivity index (χ1n) is 5.87. The molecule has 7 heteroatoms. The summed E-state index contributed by atoms with van der Waals surface area (Å²) in [6, 6.07) is 2.85. The molecule has 1 aromatic rings. The number of nitrogens with zero attached hydrogens (tertiary/aromatic N) is 2. The van der Waals surface area contributed by atoms with Gasteiger partial charge >= 0.3 is 0 Å². The third-order valence-corrected chi connectivity index (χ3v) is 2.77. The van der Waals surface area contributed by atoms with Gasteiger partial charge in [0.05, 0.1) is 6.54 Å². The van der Waals surface area contributed by atoms with Gasteiger partial charge in [0.2, 0.25) is 5.91 Å². The maximum atomic E-state index is 12.2. The molecule has 1 N–H and O–H groups in total. The van der Waals surface area contributed by atoms with Gasteiger partial charge in [0, 0.05) is 18.7 Å². The Kier molecular flexibility index (Phi) is 6.05. The summed E-state index contributed by atoms with van der Waals surface area (Å²) in [7, 11) is 0. The van der Waals surface area contributed by atoms with Crippen LogP contribution in [0.3, 0.4) is 0 Å². The van der Waals surface area contributed by atoms with Crippen molar-refractivity contribution in [1.82, 2.24) is 15.2 Å². The Labute approximate surface area is 121 Å². The molecule has 0 saturated heterocycles. The standard InChI is InChI=1S/C12H15Cl2N3O2/c1-3-15-11(18)7-17(4-2)12(19)8-5-9(13)16-10(14)6-8/h5-6H,3-4,7H2,1-2H3,(H,15,18). The number of halogens is 2. The van der Waals surface area contributed by atoms with E-state index >= 15 is 0 Å². The Morgan fingerprint density at radius 2 is 1.84 bits per heavy atom. The summed E-state index contributed by atoms with van der Waals surface area (Å²) in [5.74, 6) is -0.510. The fraction of sp³-hybridized carbons (Fsp3) is 0.417. The smallest absolute Gasteiger partial charge is 0.254 e. The molecule has 0 radical (unpaired) electrons. The predicted octanol–water partition coefficient (Wildman–Crippen LogP) is 1.99. The number of aromatic nitrogens is 1. The molecule has 0 bridgehead atoms. The second-order valence-electron chi connectivity index (χ2n) is 3.77. The lowest BCUT2D eigenvalue weighted by Crippen LogP contribution is -2.40. The molecule has 0 aliphatic heterocycles. The van der Waals surface area contributed by atoms with Crippen LogP contribution >= 0.6 is 23.2 Å². The fourth-order valence-electron chi connectivity index (χ4n) is 1.52. The summed E-state index contributed by atoms with van der Waals surface area (Å²) in [6.07, 6.45) is 0. The second-order valence-corrected chi connectivity index (χ2v) is 4.55. The van der Waals surface area contributed by atoms with E-state index in [0.29, 0.717) is 18.7 Å². The van der Waals surface area contributed by atoms with Crippen molar-refractivity contribution in [1.29, 1.82) is 0 Å². The van der Waals surface area contributed by atoms with Gasteiger partial charge in [-0.2, -0.15) is 0 Å². The van der Waals surface area contributed by atoms with Crippen LogP contribution in [-0.4, -0.2) is 41.3 Å². The van der Waals surface area contributed by atoms with Gasteiger partial charge in [-0.1, -0.05) is 23.2 Å². The van der Waals surface area contributed by atoms with Gasteiger partial charge in [0.15, 0.2) is 0 Å². The van der Waals surface area contributed by atoms with Gasteiger partial charge in [0.1, 0.15) is 10.3 Å². The summed E-state index contributed by atoms with van der Waals surface area (Å²) in [5, 5.41) is 2.93. The number of nitrogens with one attached hydrogen (secondary N) is 1. The van der Waals surface area contributed by atoms with Crippen molar-refractivity contribution in [2.75, 3.05) is 19.6 Å². The second kappa shape index (κ2) is 7.31. The van der Waals surface area contributed by atoms with Gasteiger partial charge < -0.3 is 10.2 Å². The van der Waals surface area contributed by atoms with E-state index in [9.17, 15) is 9.59 Å². The molecule has 0 saturated carbocycles. The van der Waals surface area contributed by atoms with Gasteiger partial charge in [-0.3, -0.25) is 9.59 Å². The van der Waals surface area contributed by atoms with Crippen molar-refractivity contribution >= 4 is 35.0 Å². The number of hydrogen-bond acceptors (Lipinski definition) is 3. The zero-order valence-corrected chi connectivity index (χ0v) is 12.3. The Bertz CT molecular complexity index is 460. The number of amides is 2. The quantitative estimate of drug-likeness (QED) is 0.846. The number of likely N-dealkylation sites (N-methyl/N-ethyl adjacent to an activating group) is 2.